The molecule has 1 heterocycles. The van der Waals surface area contributed by atoms with Gasteiger partial charge in [-0.15, -0.1) is 10.2 Å². The van der Waals surface area contributed by atoms with Gasteiger partial charge in [0.15, 0.2) is 11.0 Å². The Kier molecular flexibility index (Phi) is 8.69. The number of methoxy groups -OCH3 is 1. The van der Waals surface area contributed by atoms with E-state index in [1.54, 1.807) is 13.3 Å². The second-order valence-electron chi connectivity index (χ2n) is 9.78. The van der Waals surface area contributed by atoms with Crippen LogP contribution in [0.4, 0.5) is 0 Å². The lowest BCUT2D eigenvalue weighted by molar-refractivity contribution is -0.118. The van der Waals surface area contributed by atoms with E-state index in [0.29, 0.717) is 5.16 Å². The van der Waals surface area contributed by atoms with Crippen LogP contribution in [0.3, 0.4) is 0 Å². The molecule has 38 heavy (non-hydrogen) atoms. The number of hydrogen-bond acceptors (Lipinski definition) is 6. The lowest BCUT2D eigenvalue weighted by Gasteiger charge is -2.19. The summed E-state index contributed by atoms with van der Waals surface area (Å²) in [6.07, 6.45) is 1.58. The molecule has 0 aliphatic heterocycles. The third kappa shape index (κ3) is 6.71. The summed E-state index contributed by atoms with van der Waals surface area (Å²) in [7, 11) is 1.61. The lowest BCUT2D eigenvalue weighted by Crippen LogP contribution is -2.20. The highest BCUT2D eigenvalue weighted by Crippen LogP contribution is 2.30. The number of halogens is 1. The van der Waals surface area contributed by atoms with E-state index in [1.165, 1.54) is 17.3 Å². The van der Waals surface area contributed by atoms with Gasteiger partial charge in [0, 0.05) is 11.3 Å². The number of amides is 1. The van der Waals surface area contributed by atoms with Crippen LogP contribution in [-0.4, -0.2) is 39.7 Å². The first-order valence-electron chi connectivity index (χ1n) is 12.1. The zero-order chi connectivity index (χ0) is 27.3. The molecular formula is C29H30BrN5O2S. The summed E-state index contributed by atoms with van der Waals surface area (Å²) < 4.78 is 8.03. The van der Waals surface area contributed by atoms with Crippen molar-refractivity contribution in [3.63, 3.8) is 0 Å². The lowest BCUT2D eigenvalue weighted by atomic mass is 9.87. The highest BCUT2D eigenvalue weighted by atomic mass is 79.9. The minimum absolute atomic E-state index is 0.0594. The van der Waals surface area contributed by atoms with Crippen LogP contribution in [0.1, 0.15) is 37.5 Å². The molecule has 1 aromatic heterocycles. The van der Waals surface area contributed by atoms with Crippen molar-refractivity contribution in [2.75, 3.05) is 12.9 Å². The molecule has 4 rings (SSSR count). The zero-order valence-corrected chi connectivity index (χ0v) is 24.4. The van der Waals surface area contributed by atoms with Crippen LogP contribution in [-0.2, 0) is 10.2 Å². The molecule has 0 saturated carbocycles. The predicted octanol–water partition coefficient (Wildman–Crippen LogP) is 6.55. The van der Waals surface area contributed by atoms with Gasteiger partial charge in [-0.1, -0.05) is 74.5 Å². The average Bonchev–Trinajstić information content (AvgIpc) is 3.31. The van der Waals surface area contributed by atoms with Crippen LogP contribution in [0.25, 0.3) is 17.1 Å². The molecule has 1 N–H and O–H groups in total. The fraction of sp³-hybridized carbons (Fsp3) is 0.241. The number of benzene rings is 3. The average molecular weight is 593 g/mol. The van der Waals surface area contributed by atoms with Crippen LogP contribution in [0.2, 0.25) is 0 Å². The molecule has 196 valence electrons. The van der Waals surface area contributed by atoms with Crippen LogP contribution in [0.5, 0.6) is 5.75 Å². The Bertz CT molecular complexity index is 1440. The number of nitrogens with zero attached hydrogens (tertiary/aromatic N) is 4. The monoisotopic (exact) mass is 591 g/mol. The van der Waals surface area contributed by atoms with Gasteiger partial charge in [-0.3, -0.25) is 9.36 Å². The van der Waals surface area contributed by atoms with Gasteiger partial charge in [0.2, 0.25) is 0 Å². The number of ether oxygens (including phenoxy) is 1. The molecule has 0 atom stereocenters. The molecule has 0 aliphatic rings. The second kappa shape index (κ2) is 12.0. The van der Waals surface area contributed by atoms with Crippen molar-refractivity contribution in [2.24, 2.45) is 5.10 Å². The topological polar surface area (TPSA) is 81.4 Å². The Labute approximate surface area is 235 Å². The summed E-state index contributed by atoms with van der Waals surface area (Å²) in [5.41, 5.74) is 7.76. The maximum Gasteiger partial charge on any atom is 0.250 e. The summed E-state index contributed by atoms with van der Waals surface area (Å²) in [6, 6.07) is 22.1. The molecular weight excluding hydrogens is 562 g/mol. The molecule has 9 heteroatoms. The van der Waals surface area contributed by atoms with Crippen molar-refractivity contribution in [1.82, 2.24) is 20.2 Å². The Morgan fingerprint density at radius 1 is 1.08 bits per heavy atom. The van der Waals surface area contributed by atoms with E-state index in [2.05, 4.69) is 93.8 Å². The summed E-state index contributed by atoms with van der Waals surface area (Å²) in [6.45, 7) is 8.62. The Hall–Kier alpha value is -3.43. The molecule has 0 fully saturated rings. The summed E-state index contributed by atoms with van der Waals surface area (Å²) >= 11 is 4.76. The molecule has 3 aromatic carbocycles. The van der Waals surface area contributed by atoms with Gasteiger partial charge in [0.1, 0.15) is 5.75 Å². The van der Waals surface area contributed by atoms with Crippen LogP contribution < -0.4 is 10.2 Å². The molecule has 0 aliphatic carbocycles. The smallest absolute Gasteiger partial charge is 0.250 e. The molecule has 1 amide bonds. The Balaban J connectivity index is 1.51. The maximum atomic E-state index is 12.5. The molecule has 7 nitrogen and oxygen atoms in total. The second-order valence-corrected chi connectivity index (χ2v) is 11.6. The molecule has 0 saturated heterocycles. The fourth-order valence-corrected chi connectivity index (χ4v) is 5.00. The minimum atomic E-state index is -0.242. The quantitative estimate of drug-likeness (QED) is 0.143. The number of carbonyl (C=O) groups is 1. The third-order valence-electron chi connectivity index (χ3n) is 5.85. The summed E-state index contributed by atoms with van der Waals surface area (Å²) in [5, 5.41) is 13.6. The highest BCUT2D eigenvalue weighted by molar-refractivity contribution is 9.10. The summed E-state index contributed by atoms with van der Waals surface area (Å²) in [5.74, 6) is 1.34. The zero-order valence-electron chi connectivity index (χ0n) is 22.0. The number of aromatic nitrogens is 3. The van der Waals surface area contributed by atoms with E-state index in [-0.39, 0.29) is 17.1 Å². The van der Waals surface area contributed by atoms with Crippen molar-refractivity contribution < 1.29 is 9.53 Å². The van der Waals surface area contributed by atoms with Crippen LogP contribution in [0.15, 0.2) is 81.5 Å². The molecule has 0 radical (unpaired) electrons. The van der Waals surface area contributed by atoms with E-state index in [4.69, 9.17) is 4.74 Å². The maximum absolute atomic E-state index is 12.5. The van der Waals surface area contributed by atoms with E-state index in [1.807, 2.05) is 41.8 Å². The SMILES string of the molecule is COc1ccc(/C=N/NC(=O)CSc2nnc(-c3ccc(C(C)(C)C)cc3)n2-c2ccc(C)cc2)cc1Br. The highest BCUT2D eigenvalue weighted by Gasteiger charge is 2.19. The molecule has 0 unspecified atom stereocenters. The fourth-order valence-electron chi connectivity index (χ4n) is 3.70. The number of thioether (sulfide) groups is 1. The van der Waals surface area contributed by atoms with Crippen molar-refractivity contribution in [3.05, 3.63) is 87.9 Å². The van der Waals surface area contributed by atoms with Crippen LogP contribution in [0, 0.1) is 6.92 Å². The van der Waals surface area contributed by atoms with E-state index in [9.17, 15) is 4.79 Å². The van der Waals surface area contributed by atoms with E-state index >= 15 is 0 Å². The largest absolute Gasteiger partial charge is 0.496 e. The Morgan fingerprint density at radius 2 is 1.79 bits per heavy atom. The van der Waals surface area contributed by atoms with Gasteiger partial charge < -0.3 is 4.74 Å². The predicted molar refractivity (Wildman–Crippen MR) is 157 cm³/mol. The number of hydrogen-bond donors (Lipinski definition) is 1. The molecule has 4 aromatic rings. The van der Waals surface area contributed by atoms with Gasteiger partial charge in [0.05, 0.1) is 23.5 Å². The summed E-state index contributed by atoms with van der Waals surface area (Å²) in [4.78, 5) is 12.5. The van der Waals surface area contributed by atoms with Crippen molar-refractivity contribution in [3.8, 4) is 22.8 Å². The van der Waals surface area contributed by atoms with Crippen molar-refractivity contribution >= 4 is 39.8 Å². The first-order valence-corrected chi connectivity index (χ1v) is 13.8. The van der Waals surface area contributed by atoms with Gasteiger partial charge >= 0.3 is 0 Å². The number of aryl methyl sites for hydroxylation is 1. The van der Waals surface area contributed by atoms with Crippen LogP contribution >= 0.6 is 27.7 Å². The van der Waals surface area contributed by atoms with E-state index in [0.717, 1.165) is 38.4 Å². The van der Waals surface area contributed by atoms with Crippen molar-refractivity contribution in [1.29, 1.82) is 0 Å². The minimum Gasteiger partial charge on any atom is -0.496 e. The standard InChI is InChI=1S/C29H30BrN5O2S/c1-19-6-13-23(14-7-19)35-27(21-9-11-22(12-10-21)29(2,3)4)33-34-28(35)38-18-26(36)32-31-17-20-8-15-25(37-5)24(30)16-20/h6-17H,18H2,1-5H3,(H,32,36)/b31-17+. The number of nitrogens with one attached hydrogen (secondary N) is 1. The number of hydrazone groups is 1. The number of rotatable bonds is 8. The first kappa shape index (κ1) is 27.6. The van der Waals surface area contributed by atoms with Crippen molar-refractivity contribution in [2.45, 2.75) is 38.3 Å². The van der Waals surface area contributed by atoms with Gasteiger partial charge in [-0.25, -0.2) is 5.43 Å². The first-order chi connectivity index (χ1) is 18.2. The van der Waals surface area contributed by atoms with Gasteiger partial charge in [0.25, 0.3) is 5.91 Å². The van der Waals surface area contributed by atoms with Gasteiger partial charge in [-0.2, -0.15) is 5.10 Å². The molecule has 0 spiro atoms. The Morgan fingerprint density at radius 3 is 2.42 bits per heavy atom. The number of carbonyl (C=O) groups excluding carboxylic acids is 1. The van der Waals surface area contributed by atoms with E-state index < -0.39 is 0 Å². The molecule has 0 bridgehead atoms. The third-order valence-corrected chi connectivity index (χ3v) is 7.39. The normalized spacial score (nSPS) is 11.6. The van der Waals surface area contributed by atoms with Gasteiger partial charge in [-0.05, 0) is 69.7 Å².